The van der Waals surface area contributed by atoms with Gasteiger partial charge in [0, 0.05) is 19.3 Å². The number of pyridine rings is 1. The monoisotopic (exact) mass is 259 g/mol. The van der Waals surface area contributed by atoms with Crippen molar-refractivity contribution in [1.82, 2.24) is 4.98 Å². The van der Waals surface area contributed by atoms with E-state index in [4.69, 9.17) is 17.3 Å². The van der Waals surface area contributed by atoms with Crippen molar-refractivity contribution in [2.45, 2.75) is 13.0 Å². The number of nitrogens with zero attached hydrogens (tertiary/aromatic N) is 2. The van der Waals surface area contributed by atoms with Gasteiger partial charge in [-0.3, -0.25) is 0 Å². The Hall–Kier alpha value is -1.74. The average Bonchev–Trinajstić information content (AvgIpc) is 2.74. The Bertz CT molecular complexity index is 583. The van der Waals surface area contributed by atoms with Crippen molar-refractivity contribution in [3.8, 4) is 0 Å². The molecule has 2 N–H and O–H groups in total. The molecule has 1 aromatic carbocycles. The van der Waals surface area contributed by atoms with Crippen LogP contribution >= 0.6 is 11.6 Å². The van der Waals surface area contributed by atoms with Crippen molar-refractivity contribution >= 4 is 23.0 Å². The third kappa shape index (κ3) is 2.02. The molecule has 0 bridgehead atoms. The fourth-order valence-electron chi connectivity index (χ4n) is 2.49. The van der Waals surface area contributed by atoms with Crippen LogP contribution < -0.4 is 10.6 Å². The Morgan fingerprint density at radius 1 is 1.33 bits per heavy atom. The number of halogens is 1. The van der Waals surface area contributed by atoms with Gasteiger partial charge in [-0.1, -0.05) is 23.7 Å². The molecule has 0 saturated carbocycles. The van der Waals surface area contributed by atoms with Crippen LogP contribution in [0.1, 0.15) is 11.1 Å². The van der Waals surface area contributed by atoms with E-state index in [9.17, 15) is 0 Å². The smallest absolute Gasteiger partial charge is 0.129 e. The highest BCUT2D eigenvalue weighted by Gasteiger charge is 2.21. The number of nitrogens with two attached hydrogens (primary N) is 1. The molecule has 0 unspecified atom stereocenters. The topological polar surface area (TPSA) is 42.1 Å². The van der Waals surface area contributed by atoms with Gasteiger partial charge in [0.15, 0.2) is 0 Å². The fraction of sp³-hybridized carbons (Fsp3) is 0.214. The van der Waals surface area contributed by atoms with Gasteiger partial charge in [-0.25, -0.2) is 4.98 Å². The maximum Gasteiger partial charge on any atom is 0.129 e. The SMILES string of the molecule is Nc1cccc2c1N(Cc1ccnc(Cl)c1)CC2. The zero-order chi connectivity index (χ0) is 12.5. The van der Waals surface area contributed by atoms with Gasteiger partial charge >= 0.3 is 0 Å². The van der Waals surface area contributed by atoms with Crippen molar-refractivity contribution in [3.05, 3.63) is 52.8 Å². The summed E-state index contributed by atoms with van der Waals surface area (Å²) in [5.74, 6) is 0. The molecule has 0 radical (unpaired) electrons. The van der Waals surface area contributed by atoms with Gasteiger partial charge in [0.25, 0.3) is 0 Å². The molecule has 1 aromatic heterocycles. The molecular weight excluding hydrogens is 246 g/mol. The minimum absolute atomic E-state index is 0.535. The summed E-state index contributed by atoms with van der Waals surface area (Å²) in [6.45, 7) is 1.83. The van der Waals surface area contributed by atoms with E-state index < -0.39 is 0 Å². The van der Waals surface area contributed by atoms with E-state index in [0.717, 1.165) is 30.8 Å². The standard InChI is InChI=1S/C14H14ClN3/c15-13-8-10(4-6-17-13)9-18-7-5-11-2-1-3-12(16)14(11)18/h1-4,6,8H,5,7,9,16H2. The minimum atomic E-state index is 0.535. The first-order valence-electron chi connectivity index (χ1n) is 5.97. The van der Waals surface area contributed by atoms with Gasteiger partial charge in [-0.2, -0.15) is 0 Å². The molecule has 1 aliphatic heterocycles. The van der Waals surface area contributed by atoms with Gasteiger partial charge < -0.3 is 10.6 Å². The Balaban J connectivity index is 1.89. The van der Waals surface area contributed by atoms with Gasteiger partial charge in [-0.05, 0) is 35.7 Å². The van der Waals surface area contributed by atoms with Crippen LogP contribution in [0.25, 0.3) is 0 Å². The summed E-state index contributed by atoms with van der Waals surface area (Å²) in [6, 6.07) is 10.0. The fourth-order valence-corrected chi connectivity index (χ4v) is 2.68. The van der Waals surface area contributed by atoms with Crippen LogP contribution in [0.4, 0.5) is 11.4 Å². The van der Waals surface area contributed by atoms with Gasteiger partial charge in [-0.15, -0.1) is 0 Å². The zero-order valence-corrected chi connectivity index (χ0v) is 10.7. The predicted octanol–water partition coefficient (Wildman–Crippen LogP) is 2.88. The predicted molar refractivity (Wildman–Crippen MR) is 74.9 cm³/mol. The molecule has 3 rings (SSSR count). The van der Waals surface area contributed by atoms with E-state index in [1.807, 2.05) is 24.3 Å². The maximum absolute atomic E-state index is 6.07. The lowest BCUT2D eigenvalue weighted by atomic mass is 10.1. The van der Waals surface area contributed by atoms with Crippen molar-refractivity contribution in [2.24, 2.45) is 0 Å². The molecule has 4 heteroatoms. The van der Waals surface area contributed by atoms with E-state index in [0.29, 0.717) is 5.15 Å². The third-order valence-corrected chi connectivity index (χ3v) is 3.49. The maximum atomic E-state index is 6.07. The largest absolute Gasteiger partial charge is 0.397 e. The summed E-state index contributed by atoms with van der Waals surface area (Å²) in [5, 5.41) is 0.535. The molecule has 3 nitrogen and oxygen atoms in total. The molecule has 92 valence electrons. The highest BCUT2D eigenvalue weighted by Crippen LogP contribution is 2.34. The molecule has 0 fully saturated rings. The number of rotatable bonds is 2. The second-order valence-electron chi connectivity index (χ2n) is 4.51. The average molecular weight is 260 g/mol. The van der Waals surface area contributed by atoms with Crippen LogP contribution in [0, 0.1) is 0 Å². The number of para-hydroxylation sites is 1. The number of nitrogen functional groups attached to an aromatic ring is 1. The van der Waals surface area contributed by atoms with E-state index in [2.05, 4.69) is 16.0 Å². The van der Waals surface area contributed by atoms with Crippen LogP contribution in [-0.4, -0.2) is 11.5 Å². The van der Waals surface area contributed by atoms with E-state index in [1.54, 1.807) is 6.20 Å². The summed E-state index contributed by atoms with van der Waals surface area (Å²) < 4.78 is 0. The van der Waals surface area contributed by atoms with E-state index in [-0.39, 0.29) is 0 Å². The summed E-state index contributed by atoms with van der Waals surface area (Å²) in [7, 11) is 0. The lowest BCUT2D eigenvalue weighted by Gasteiger charge is -2.21. The highest BCUT2D eigenvalue weighted by atomic mass is 35.5. The molecule has 0 aliphatic carbocycles. The Labute approximate surface area is 111 Å². The Kier molecular flexibility index (Phi) is 2.84. The number of fused-ring (bicyclic) bond motifs is 1. The molecular formula is C14H14ClN3. The second-order valence-corrected chi connectivity index (χ2v) is 4.90. The van der Waals surface area contributed by atoms with Gasteiger partial charge in [0.05, 0.1) is 11.4 Å². The molecule has 2 heterocycles. The van der Waals surface area contributed by atoms with Gasteiger partial charge in [0.1, 0.15) is 5.15 Å². The lowest BCUT2D eigenvalue weighted by Crippen LogP contribution is -2.20. The summed E-state index contributed by atoms with van der Waals surface area (Å²) in [4.78, 5) is 6.30. The number of anilines is 2. The molecule has 2 aromatic rings. The normalized spacial score (nSPS) is 13.7. The number of benzene rings is 1. The number of hydrogen-bond acceptors (Lipinski definition) is 3. The third-order valence-electron chi connectivity index (χ3n) is 3.28. The first-order chi connectivity index (χ1) is 8.74. The van der Waals surface area contributed by atoms with Crippen LogP contribution in [0.5, 0.6) is 0 Å². The molecule has 18 heavy (non-hydrogen) atoms. The van der Waals surface area contributed by atoms with Crippen LogP contribution in [0.2, 0.25) is 5.15 Å². The van der Waals surface area contributed by atoms with Crippen molar-refractivity contribution < 1.29 is 0 Å². The number of aromatic nitrogens is 1. The first kappa shape index (κ1) is 11.4. The Morgan fingerprint density at radius 2 is 2.22 bits per heavy atom. The van der Waals surface area contributed by atoms with Crippen LogP contribution in [0.15, 0.2) is 36.5 Å². The summed E-state index contributed by atoms with van der Waals surface area (Å²) in [6.07, 6.45) is 2.79. The summed E-state index contributed by atoms with van der Waals surface area (Å²) in [5.41, 5.74) is 10.6. The van der Waals surface area contributed by atoms with Crippen molar-refractivity contribution in [1.29, 1.82) is 0 Å². The summed E-state index contributed by atoms with van der Waals surface area (Å²) >= 11 is 5.91. The molecule has 1 aliphatic rings. The molecule has 0 atom stereocenters. The molecule has 0 spiro atoms. The first-order valence-corrected chi connectivity index (χ1v) is 6.34. The number of hydrogen-bond donors (Lipinski definition) is 1. The lowest BCUT2D eigenvalue weighted by molar-refractivity contribution is 0.835. The van der Waals surface area contributed by atoms with Crippen molar-refractivity contribution in [2.75, 3.05) is 17.2 Å². The zero-order valence-electron chi connectivity index (χ0n) is 9.94. The quantitative estimate of drug-likeness (QED) is 0.666. The van der Waals surface area contributed by atoms with Crippen molar-refractivity contribution in [3.63, 3.8) is 0 Å². The Morgan fingerprint density at radius 3 is 3.06 bits per heavy atom. The van der Waals surface area contributed by atoms with E-state index in [1.165, 1.54) is 11.3 Å². The molecule has 0 saturated heterocycles. The minimum Gasteiger partial charge on any atom is -0.397 e. The van der Waals surface area contributed by atoms with Gasteiger partial charge in [0.2, 0.25) is 0 Å². The molecule has 0 amide bonds. The van der Waals surface area contributed by atoms with E-state index >= 15 is 0 Å². The van der Waals surface area contributed by atoms with Crippen LogP contribution in [-0.2, 0) is 13.0 Å². The highest BCUT2D eigenvalue weighted by molar-refractivity contribution is 6.29. The van der Waals surface area contributed by atoms with Crippen LogP contribution in [0.3, 0.4) is 0 Å². The second kappa shape index (κ2) is 4.50.